The van der Waals surface area contributed by atoms with Crippen LogP contribution in [0.4, 0.5) is 0 Å². The molecule has 2 saturated heterocycles. The molecule has 0 radical (unpaired) electrons. The summed E-state index contributed by atoms with van der Waals surface area (Å²) in [6, 6.07) is 9.72. The van der Waals surface area contributed by atoms with Crippen LogP contribution in [0.3, 0.4) is 0 Å². The zero-order valence-electron chi connectivity index (χ0n) is 16.2. The monoisotopic (exact) mass is 401 g/mol. The molecule has 0 spiro atoms. The molecule has 2 aromatic rings. The van der Waals surface area contributed by atoms with E-state index in [0.717, 1.165) is 29.4 Å². The molecule has 0 unspecified atom stereocenters. The summed E-state index contributed by atoms with van der Waals surface area (Å²) in [5.74, 6) is 0.0821. The lowest BCUT2D eigenvalue weighted by atomic mass is 9.79. The fraction of sp³-hybridized carbons (Fsp3) is 0.524. The molecule has 150 valence electrons. The van der Waals surface area contributed by atoms with Crippen LogP contribution in [0.25, 0.3) is 0 Å². The first-order valence-corrected chi connectivity index (χ1v) is 10.7. The fourth-order valence-corrected chi connectivity index (χ4v) is 4.89. The number of nitrogens with zero attached hydrogens (tertiary/aromatic N) is 3. The van der Waals surface area contributed by atoms with Crippen LogP contribution >= 0.6 is 11.3 Å². The first kappa shape index (κ1) is 19.5. The van der Waals surface area contributed by atoms with Crippen LogP contribution < -0.4 is 0 Å². The van der Waals surface area contributed by atoms with E-state index >= 15 is 0 Å². The first-order valence-electron chi connectivity index (χ1n) is 9.85. The van der Waals surface area contributed by atoms with Gasteiger partial charge in [0, 0.05) is 31.6 Å². The van der Waals surface area contributed by atoms with Gasteiger partial charge in [-0.15, -0.1) is 11.3 Å². The molecule has 0 aliphatic carbocycles. The fourth-order valence-electron chi connectivity index (χ4n) is 4.28. The predicted molar refractivity (Wildman–Crippen MR) is 108 cm³/mol. The Morgan fingerprint density at radius 2 is 2.04 bits per heavy atom. The minimum absolute atomic E-state index is 0.0821. The van der Waals surface area contributed by atoms with Gasteiger partial charge in [-0.05, 0) is 18.9 Å². The van der Waals surface area contributed by atoms with Crippen molar-refractivity contribution < 1.29 is 14.6 Å². The van der Waals surface area contributed by atoms with Crippen molar-refractivity contribution in [3.8, 4) is 0 Å². The Kier molecular flexibility index (Phi) is 5.78. The van der Waals surface area contributed by atoms with Crippen molar-refractivity contribution in [1.82, 2.24) is 14.8 Å². The van der Waals surface area contributed by atoms with Crippen LogP contribution in [0, 0.1) is 6.92 Å². The van der Waals surface area contributed by atoms with Crippen molar-refractivity contribution in [2.45, 2.75) is 31.4 Å². The number of hydrogen-bond acceptors (Lipinski definition) is 6. The van der Waals surface area contributed by atoms with E-state index in [-0.39, 0.29) is 11.9 Å². The number of piperidine rings is 1. The van der Waals surface area contributed by atoms with Gasteiger partial charge in [0.15, 0.2) is 0 Å². The molecule has 0 bridgehead atoms. The summed E-state index contributed by atoms with van der Waals surface area (Å²) in [4.78, 5) is 21.5. The molecule has 1 aromatic heterocycles. The summed E-state index contributed by atoms with van der Waals surface area (Å²) in [7, 11) is 0. The molecule has 1 aromatic carbocycles. The second kappa shape index (κ2) is 8.29. The number of aryl methyl sites for hydroxylation is 1. The van der Waals surface area contributed by atoms with E-state index in [4.69, 9.17) is 4.74 Å². The molecule has 2 aliphatic heterocycles. The van der Waals surface area contributed by atoms with Crippen molar-refractivity contribution in [2.24, 2.45) is 0 Å². The average Bonchev–Trinajstić information content (AvgIpc) is 3.14. The van der Waals surface area contributed by atoms with Crippen molar-refractivity contribution in [1.29, 1.82) is 0 Å². The van der Waals surface area contributed by atoms with Crippen LogP contribution in [0.15, 0.2) is 35.7 Å². The van der Waals surface area contributed by atoms with Crippen molar-refractivity contribution in [3.63, 3.8) is 0 Å². The number of carbonyl (C=O) groups is 1. The van der Waals surface area contributed by atoms with Gasteiger partial charge in [0.25, 0.3) is 0 Å². The van der Waals surface area contributed by atoms with Crippen LogP contribution in [0.2, 0.25) is 0 Å². The highest BCUT2D eigenvalue weighted by Gasteiger charge is 2.46. The number of benzene rings is 1. The maximum absolute atomic E-state index is 12.9. The van der Waals surface area contributed by atoms with E-state index in [0.29, 0.717) is 39.1 Å². The summed E-state index contributed by atoms with van der Waals surface area (Å²) in [6.07, 6.45) is 0.852. The number of carbonyl (C=O) groups excluding carboxylic acids is 1. The minimum atomic E-state index is -0.966. The number of rotatable bonds is 4. The molecule has 0 saturated carbocycles. The number of aliphatic hydroxyl groups is 1. The van der Waals surface area contributed by atoms with E-state index in [1.807, 2.05) is 47.5 Å². The second-order valence-electron chi connectivity index (χ2n) is 7.58. The average molecular weight is 402 g/mol. The zero-order valence-corrected chi connectivity index (χ0v) is 17.0. The van der Waals surface area contributed by atoms with Crippen molar-refractivity contribution in [2.75, 3.05) is 39.4 Å². The van der Waals surface area contributed by atoms with Crippen molar-refractivity contribution in [3.05, 3.63) is 52.0 Å². The van der Waals surface area contributed by atoms with Gasteiger partial charge in [-0.2, -0.15) is 0 Å². The summed E-state index contributed by atoms with van der Waals surface area (Å²) >= 11 is 1.57. The van der Waals surface area contributed by atoms with Gasteiger partial charge < -0.3 is 14.7 Å². The van der Waals surface area contributed by atoms with E-state index in [1.165, 1.54) is 0 Å². The van der Waals surface area contributed by atoms with Crippen molar-refractivity contribution >= 4 is 17.2 Å². The molecule has 1 N–H and O–H groups in total. The third kappa shape index (κ3) is 3.98. The summed E-state index contributed by atoms with van der Waals surface area (Å²) < 4.78 is 5.51. The molecule has 28 heavy (non-hydrogen) atoms. The Morgan fingerprint density at radius 3 is 2.71 bits per heavy atom. The highest BCUT2D eigenvalue weighted by molar-refractivity contribution is 7.09. The van der Waals surface area contributed by atoms with Gasteiger partial charge in [-0.25, -0.2) is 4.98 Å². The molecular weight excluding hydrogens is 374 g/mol. The normalized spacial score (nSPS) is 26.4. The van der Waals surface area contributed by atoms with Crippen LogP contribution in [0.1, 0.15) is 22.7 Å². The topological polar surface area (TPSA) is 65.9 Å². The number of hydrogen-bond donors (Lipinski definition) is 1. The van der Waals surface area contributed by atoms with Gasteiger partial charge in [0.1, 0.15) is 5.60 Å². The third-order valence-electron chi connectivity index (χ3n) is 5.82. The largest absolute Gasteiger partial charge is 0.383 e. The molecule has 2 aliphatic rings. The maximum Gasteiger partial charge on any atom is 0.228 e. The number of morpholine rings is 1. The summed E-state index contributed by atoms with van der Waals surface area (Å²) in [6.45, 7) is 5.89. The Hall–Kier alpha value is -1.80. The highest BCUT2D eigenvalue weighted by atomic mass is 32.1. The molecule has 2 atom stereocenters. The van der Waals surface area contributed by atoms with Gasteiger partial charge in [-0.3, -0.25) is 9.69 Å². The lowest BCUT2D eigenvalue weighted by Crippen LogP contribution is -2.63. The Balaban J connectivity index is 1.55. The van der Waals surface area contributed by atoms with Crippen LogP contribution in [-0.4, -0.2) is 71.2 Å². The van der Waals surface area contributed by atoms with Gasteiger partial charge >= 0.3 is 0 Å². The minimum Gasteiger partial charge on any atom is -0.383 e. The van der Waals surface area contributed by atoms with Crippen LogP contribution in [0.5, 0.6) is 0 Å². The highest BCUT2D eigenvalue weighted by Crippen LogP contribution is 2.36. The Morgan fingerprint density at radius 1 is 1.29 bits per heavy atom. The number of likely N-dealkylation sites (tertiary alicyclic amines) is 1. The molecule has 4 rings (SSSR count). The molecule has 3 heterocycles. The third-order valence-corrected chi connectivity index (χ3v) is 6.64. The summed E-state index contributed by atoms with van der Waals surface area (Å²) in [5.41, 5.74) is 0.792. The molecular formula is C21H27N3O3S. The Bertz CT molecular complexity index is 806. The molecule has 7 heteroatoms. The van der Waals surface area contributed by atoms with E-state index in [1.54, 1.807) is 11.3 Å². The SMILES string of the molecule is Cc1nc(CC(=O)N2CC[C@](O)(c3ccccc3)[C@H](N3CCOCC3)C2)cs1. The van der Waals surface area contributed by atoms with Gasteiger partial charge in [0.05, 0.1) is 36.4 Å². The van der Waals surface area contributed by atoms with E-state index in [9.17, 15) is 9.90 Å². The van der Waals surface area contributed by atoms with Crippen LogP contribution in [-0.2, 0) is 21.6 Å². The smallest absolute Gasteiger partial charge is 0.228 e. The standard InChI is InChI=1S/C21H27N3O3S/c1-16-22-18(15-28-16)13-20(25)24-8-7-21(26,17-5-3-2-4-6-17)19(14-24)23-9-11-27-12-10-23/h2-6,15,19,26H,7-14H2,1H3/t19-,21+/m1/s1. The number of ether oxygens (including phenoxy) is 1. The molecule has 6 nitrogen and oxygen atoms in total. The maximum atomic E-state index is 12.9. The molecule has 1 amide bonds. The molecule has 2 fully saturated rings. The first-order chi connectivity index (χ1) is 13.6. The second-order valence-corrected chi connectivity index (χ2v) is 8.64. The number of thiazole rings is 1. The predicted octanol–water partition coefficient (Wildman–Crippen LogP) is 1.81. The van der Waals surface area contributed by atoms with E-state index < -0.39 is 5.60 Å². The number of amides is 1. The summed E-state index contributed by atoms with van der Waals surface area (Å²) in [5, 5.41) is 14.6. The van der Waals surface area contributed by atoms with E-state index in [2.05, 4.69) is 9.88 Å². The van der Waals surface area contributed by atoms with Gasteiger partial charge in [-0.1, -0.05) is 30.3 Å². The quantitative estimate of drug-likeness (QED) is 0.847. The lowest BCUT2D eigenvalue weighted by molar-refractivity contribution is -0.147. The Labute approximate surface area is 169 Å². The zero-order chi connectivity index (χ0) is 19.6. The number of aromatic nitrogens is 1. The lowest BCUT2D eigenvalue weighted by Gasteiger charge is -2.50. The van der Waals surface area contributed by atoms with Gasteiger partial charge in [0.2, 0.25) is 5.91 Å².